The zero-order valence-electron chi connectivity index (χ0n) is 9.25. The van der Waals surface area contributed by atoms with Crippen LogP contribution in [-0.2, 0) is 0 Å². The van der Waals surface area contributed by atoms with Gasteiger partial charge in [0, 0.05) is 0 Å². The fourth-order valence-electron chi connectivity index (χ4n) is 1.43. The molecule has 0 amide bonds. The molecule has 0 aliphatic heterocycles. The fourth-order valence-corrected chi connectivity index (χ4v) is 1.58. The highest BCUT2D eigenvalue weighted by atomic mass is 35.5. The van der Waals surface area contributed by atoms with Crippen molar-refractivity contribution in [1.29, 1.82) is 0 Å². The molecule has 1 radical (unpaired) electrons. The Balaban J connectivity index is 2.35. The van der Waals surface area contributed by atoms with Crippen LogP contribution in [0.4, 0.5) is 0 Å². The van der Waals surface area contributed by atoms with E-state index in [1.807, 2.05) is 19.1 Å². The number of hydrogen-bond donors (Lipinski definition) is 0. The van der Waals surface area contributed by atoms with Gasteiger partial charge in [0.05, 0.1) is 5.02 Å². The summed E-state index contributed by atoms with van der Waals surface area (Å²) in [4.78, 5) is 0. The van der Waals surface area contributed by atoms with Crippen molar-refractivity contribution < 1.29 is 4.74 Å². The first-order valence-electron chi connectivity index (χ1n) is 5.08. The van der Waals surface area contributed by atoms with Gasteiger partial charge in [-0.05, 0) is 49.2 Å². The van der Waals surface area contributed by atoms with Crippen LogP contribution in [-0.4, -0.2) is 0 Å². The van der Waals surface area contributed by atoms with E-state index >= 15 is 0 Å². The standard InChI is InChI=1S/C14H12ClO/c1-10-6-5-9-13(11(10)2)16-14-8-4-3-7-12(14)15/h3,5-9H,1-2H3. The van der Waals surface area contributed by atoms with E-state index < -0.39 is 0 Å². The van der Waals surface area contributed by atoms with E-state index in [0.717, 1.165) is 11.3 Å². The highest BCUT2D eigenvalue weighted by Gasteiger charge is 2.05. The van der Waals surface area contributed by atoms with Gasteiger partial charge in [-0.1, -0.05) is 29.8 Å². The van der Waals surface area contributed by atoms with E-state index in [9.17, 15) is 0 Å². The molecule has 0 N–H and O–H groups in total. The van der Waals surface area contributed by atoms with Crippen LogP contribution in [0.3, 0.4) is 0 Å². The average molecular weight is 232 g/mol. The molecule has 2 heteroatoms. The Bertz CT molecular complexity index is 506. The number of rotatable bonds is 2. The summed E-state index contributed by atoms with van der Waals surface area (Å²) in [5, 5.41) is 0.597. The zero-order valence-corrected chi connectivity index (χ0v) is 10.0. The summed E-state index contributed by atoms with van der Waals surface area (Å²) >= 11 is 6.02. The predicted molar refractivity (Wildman–Crippen MR) is 66.3 cm³/mol. The predicted octanol–water partition coefficient (Wildman–Crippen LogP) is 4.55. The van der Waals surface area contributed by atoms with E-state index in [1.165, 1.54) is 5.56 Å². The van der Waals surface area contributed by atoms with Crippen molar-refractivity contribution in [1.82, 2.24) is 0 Å². The smallest absolute Gasteiger partial charge is 0.146 e. The lowest BCUT2D eigenvalue weighted by molar-refractivity contribution is 0.478. The molecule has 0 fully saturated rings. The molecule has 81 valence electrons. The Morgan fingerprint density at radius 3 is 2.69 bits per heavy atom. The molecule has 0 aliphatic carbocycles. The molecule has 2 rings (SSSR count). The summed E-state index contributed by atoms with van der Waals surface area (Å²) in [7, 11) is 0. The Hall–Kier alpha value is -1.47. The van der Waals surface area contributed by atoms with Crippen LogP contribution in [0.1, 0.15) is 11.1 Å². The second-order valence-corrected chi connectivity index (χ2v) is 4.06. The van der Waals surface area contributed by atoms with Crippen LogP contribution in [0.25, 0.3) is 0 Å². The van der Waals surface area contributed by atoms with E-state index in [1.54, 1.807) is 18.2 Å². The summed E-state index contributed by atoms with van der Waals surface area (Å²) < 4.78 is 5.76. The van der Waals surface area contributed by atoms with Crippen LogP contribution < -0.4 is 4.74 Å². The van der Waals surface area contributed by atoms with E-state index in [0.29, 0.717) is 10.8 Å². The molecule has 0 spiro atoms. The number of benzene rings is 2. The molecule has 0 aromatic heterocycles. The summed E-state index contributed by atoms with van der Waals surface area (Å²) in [6.45, 7) is 4.09. The first-order valence-corrected chi connectivity index (χ1v) is 5.46. The maximum absolute atomic E-state index is 6.02. The van der Waals surface area contributed by atoms with Crippen LogP contribution in [0.5, 0.6) is 11.5 Å². The second kappa shape index (κ2) is 4.58. The molecular formula is C14H12ClO. The molecule has 0 bridgehead atoms. The minimum Gasteiger partial charge on any atom is -0.455 e. The maximum Gasteiger partial charge on any atom is 0.146 e. The topological polar surface area (TPSA) is 9.23 Å². The molecule has 0 saturated carbocycles. The fraction of sp³-hybridized carbons (Fsp3) is 0.143. The zero-order chi connectivity index (χ0) is 11.5. The van der Waals surface area contributed by atoms with Gasteiger partial charge in [0.1, 0.15) is 11.5 Å². The minimum atomic E-state index is 0.597. The lowest BCUT2D eigenvalue weighted by atomic mass is 10.1. The molecule has 16 heavy (non-hydrogen) atoms. The first-order chi connectivity index (χ1) is 7.68. The average Bonchev–Trinajstić information content (AvgIpc) is 2.28. The Morgan fingerprint density at radius 1 is 1.12 bits per heavy atom. The molecule has 0 heterocycles. The molecule has 2 aromatic rings. The molecular weight excluding hydrogens is 220 g/mol. The summed E-state index contributed by atoms with van der Waals surface area (Å²) in [5.41, 5.74) is 2.33. The normalized spacial score (nSPS) is 10.2. The van der Waals surface area contributed by atoms with Gasteiger partial charge in [0.25, 0.3) is 0 Å². The van der Waals surface area contributed by atoms with Gasteiger partial charge in [-0.25, -0.2) is 0 Å². The van der Waals surface area contributed by atoms with Crippen LogP contribution in [0, 0.1) is 19.9 Å². The molecule has 0 unspecified atom stereocenters. The molecule has 0 atom stereocenters. The quantitative estimate of drug-likeness (QED) is 0.737. The maximum atomic E-state index is 6.02. The number of hydrogen-bond acceptors (Lipinski definition) is 1. The van der Waals surface area contributed by atoms with Crippen molar-refractivity contribution in [2.45, 2.75) is 13.8 Å². The monoisotopic (exact) mass is 231 g/mol. The Kier molecular flexibility index (Phi) is 3.16. The summed E-state index contributed by atoms with van der Waals surface area (Å²) in [6.07, 6.45) is 0. The van der Waals surface area contributed by atoms with Gasteiger partial charge in [-0.15, -0.1) is 0 Å². The molecule has 2 aromatic carbocycles. The van der Waals surface area contributed by atoms with Crippen molar-refractivity contribution in [2.24, 2.45) is 0 Å². The largest absolute Gasteiger partial charge is 0.455 e. The van der Waals surface area contributed by atoms with Crippen molar-refractivity contribution in [3.05, 3.63) is 58.6 Å². The van der Waals surface area contributed by atoms with E-state index in [-0.39, 0.29) is 0 Å². The summed E-state index contributed by atoms with van der Waals surface area (Å²) in [6, 6.07) is 14.2. The van der Waals surface area contributed by atoms with Gasteiger partial charge in [0.15, 0.2) is 0 Å². The number of ether oxygens (including phenoxy) is 1. The van der Waals surface area contributed by atoms with Gasteiger partial charge >= 0.3 is 0 Å². The lowest BCUT2D eigenvalue weighted by Gasteiger charge is -2.11. The third-order valence-electron chi connectivity index (χ3n) is 2.55. The van der Waals surface area contributed by atoms with Gasteiger partial charge in [-0.3, -0.25) is 0 Å². The van der Waals surface area contributed by atoms with Gasteiger partial charge in [0.2, 0.25) is 0 Å². The summed E-state index contributed by atoms with van der Waals surface area (Å²) in [5.74, 6) is 1.47. The Labute approximate surface area is 101 Å². The van der Waals surface area contributed by atoms with Crippen LogP contribution >= 0.6 is 11.6 Å². The SMILES string of the molecule is Cc1cccc(Oc2c[c]ccc2Cl)c1C. The van der Waals surface area contributed by atoms with E-state index in [4.69, 9.17) is 16.3 Å². The highest BCUT2D eigenvalue weighted by molar-refractivity contribution is 6.32. The van der Waals surface area contributed by atoms with E-state index in [2.05, 4.69) is 19.1 Å². The third-order valence-corrected chi connectivity index (χ3v) is 2.86. The van der Waals surface area contributed by atoms with Crippen LogP contribution in [0.2, 0.25) is 5.02 Å². The second-order valence-electron chi connectivity index (χ2n) is 3.66. The van der Waals surface area contributed by atoms with Crippen molar-refractivity contribution in [2.75, 3.05) is 0 Å². The lowest BCUT2D eigenvalue weighted by Crippen LogP contribution is -1.90. The number of aryl methyl sites for hydroxylation is 1. The van der Waals surface area contributed by atoms with Crippen LogP contribution in [0.15, 0.2) is 36.4 Å². The molecule has 1 nitrogen and oxygen atoms in total. The van der Waals surface area contributed by atoms with Crippen molar-refractivity contribution >= 4 is 11.6 Å². The molecule has 0 aliphatic rings. The number of halogens is 1. The van der Waals surface area contributed by atoms with Gasteiger partial charge in [-0.2, -0.15) is 0 Å². The highest BCUT2D eigenvalue weighted by Crippen LogP contribution is 2.31. The van der Waals surface area contributed by atoms with Crippen molar-refractivity contribution in [3.63, 3.8) is 0 Å². The van der Waals surface area contributed by atoms with Gasteiger partial charge < -0.3 is 4.74 Å². The first kappa shape index (κ1) is 11.0. The molecule has 0 saturated heterocycles. The van der Waals surface area contributed by atoms with Crippen molar-refractivity contribution in [3.8, 4) is 11.5 Å². The Morgan fingerprint density at radius 2 is 1.94 bits per heavy atom. The minimum absolute atomic E-state index is 0.597. The third kappa shape index (κ3) is 2.20.